The molecule has 2 fully saturated rings. The molecule has 1 aliphatic heterocycles. The number of hydrogen-bond donors (Lipinski definition) is 1. The van der Waals surface area contributed by atoms with Crippen LogP contribution in [0.1, 0.15) is 46.7 Å². The van der Waals surface area contributed by atoms with E-state index in [0.29, 0.717) is 24.2 Å². The Balaban J connectivity index is 1.24. The fourth-order valence-electron chi connectivity index (χ4n) is 5.28. The zero-order chi connectivity index (χ0) is 25.9. The predicted octanol–water partition coefficient (Wildman–Crippen LogP) is 4.86. The van der Waals surface area contributed by atoms with Crippen LogP contribution in [0.25, 0.3) is 0 Å². The van der Waals surface area contributed by atoms with E-state index in [2.05, 4.69) is 17.4 Å². The van der Waals surface area contributed by atoms with Crippen molar-refractivity contribution < 1.29 is 23.9 Å². The number of fused-ring (bicyclic) bond motifs is 1. The predicted molar refractivity (Wildman–Crippen MR) is 139 cm³/mol. The minimum atomic E-state index is -0.707. The molecule has 5 rings (SSSR count). The number of rotatable bonds is 6. The van der Waals surface area contributed by atoms with Crippen molar-refractivity contribution in [2.24, 2.45) is 11.8 Å². The lowest BCUT2D eigenvalue weighted by Gasteiger charge is -2.28. The third kappa shape index (κ3) is 5.16. The normalized spacial score (nSPS) is 20.9. The second-order valence-corrected chi connectivity index (χ2v) is 9.69. The number of esters is 1. The van der Waals surface area contributed by atoms with Crippen molar-refractivity contribution in [3.05, 3.63) is 95.6 Å². The van der Waals surface area contributed by atoms with Crippen LogP contribution in [0.5, 0.6) is 0 Å². The first-order chi connectivity index (χ1) is 17.9. The van der Waals surface area contributed by atoms with Gasteiger partial charge < -0.3 is 10.1 Å². The molecule has 2 aliphatic rings. The zero-order valence-corrected chi connectivity index (χ0v) is 20.6. The summed E-state index contributed by atoms with van der Waals surface area (Å²) in [5.41, 5.74) is 3.37. The van der Waals surface area contributed by atoms with Crippen LogP contribution >= 0.6 is 0 Å². The van der Waals surface area contributed by atoms with E-state index < -0.39 is 18.5 Å². The number of ether oxygens (including phenoxy) is 1. The van der Waals surface area contributed by atoms with Gasteiger partial charge in [-0.15, -0.1) is 0 Å². The zero-order valence-electron chi connectivity index (χ0n) is 20.6. The Morgan fingerprint density at radius 3 is 2.38 bits per heavy atom. The Morgan fingerprint density at radius 2 is 1.62 bits per heavy atom. The van der Waals surface area contributed by atoms with Crippen molar-refractivity contribution in [2.45, 2.75) is 32.1 Å². The third-order valence-electron chi connectivity index (χ3n) is 7.21. The van der Waals surface area contributed by atoms with Crippen LogP contribution in [0.15, 0.2) is 78.9 Å². The molecule has 0 unspecified atom stereocenters. The molecule has 1 N–H and O–H groups in total. The van der Waals surface area contributed by atoms with E-state index >= 15 is 0 Å². The topological polar surface area (TPSA) is 92.8 Å². The van der Waals surface area contributed by atoms with Gasteiger partial charge in [-0.1, -0.05) is 54.1 Å². The molecule has 1 saturated heterocycles. The van der Waals surface area contributed by atoms with Crippen molar-refractivity contribution >= 4 is 35.1 Å². The summed E-state index contributed by atoms with van der Waals surface area (Å²) in [4.78, 5) is 52.6. The minimum Gasteiger partial charge on any atom is -0.452 e. The van der Waals surface area contributed by atoms with E-state index in [4.69, 9.17) is 4.74 Å². The van der Waals surface area contributed by atoms with Gasteiger partial charge >= 0.3 is 5.97 Å². The van der Waals surface area contributed by atoms with Crippen molar-refractivity contribution in [1.29, 1.82) is 0 Å². The number of benzene rings is 3. The number of nitrogens with one attached hydrogen (secondary N) is 1. The van der Waals surface area contributed by atoms with Gasteiger partial charge in [0.25, 0.3) is 5.91 Å². The van der Waals surface area contributed by atoms with Crippen LogP contribution in [0.2, 0.25) is 0 Å². The highest BCUT2D eigenvalue weighted by Gasteiger charge is 2.50. The molecule has 3 amide bonds. The highest BCUT2D eigenvalue weighted by Crippen LogP contribution is 2.45. The van der Waals surface area contributed by atoms with Crippen LogP contribution in [0.3, 0.4) is 0 Å². The van der Waals surface area contributed by atoms with Crippen molar-refractivity contribution in [1.82, 2.24) is 0 Å². The molecule has 0 radical (unpaired) electrons. The largest absolute Gasteiger partial charge is 0.452 e. The average Bonchev–Trinajstić information content (AvgIpc) is 3.18. The summed E-state index contributed by atoms with van der Waals surface area (Å²) in [5.74, 6) is -2.08. The van der Waals surface area contributed by atoms with Gasteiger partial charge in [-0.3, -0.25) is 19.3 Å². The summed E-state index contributed by atoms with van der Waals surface area (Å²) in [5, 5.41) is 2.67. The Kier molecular flexibility index (Phi) is 6.86. The van der Waals surface area contributed by atoms with Crippen LogP contribution in [0.4, 0.5) is 11.4 Å². The molecule has 0 bridgehead atoms. The third-order valence-corrected chi connectivity index (χ3v) is 7.21. The summed E-state index contributed by atoms with van der Waals surface area (Å²) < 4.78 is 5.18. The molecule has 7 nitrogen and oxygen atoms in total. The molecule has 1 aliphatic carbocycles. The Bertz CT molecular complexity index is 1340. The number of amides is 3. The Labute approximate surface area is 215 Å². The summed E-state index contributed by atoms with van der Waals surface area (Å²) >= 11 is 0. The first-order valence-corrected chi connectivity index (χ1v) is 12.5. The van der Waals surface area contributed by atoms with E-state index in [-0.39, 0.29) is 35.1 Å². The number of anilines is 2. The molecule has 188 valence electrons. The first kappa shape index (κ1) is 24.4. The van der Waals surface area contributed by atoms with Gasteiger partial charge in [-0.2, -0.15) is 0 Å². The number of aryl methyl sites for hydroxylation is 1. The molecule has 1 saturated carbocycles. The smallest absolute Gasteiger partial charge is 0.338 e. The molecule has 3 atom stereocenters. The summed E-state index contributed by atoms with van der Waals surface area (Å²) in [6, 6.07) is 23.6. The molecule has 1 heterocycles. The van der Waals surface area contributed by atoms with Crippen LogP contribution < -0.4 is 10.2 Å². The molecule has 37 heavy (non-hydrogen) atoms. The monoisotopic (exact) mass is 496 g/mol. The summed E-state index contributed by atoms with van der Waals surface area (Å²) in [7, 11) is 0. The number of imide groups is 1. The molecule has 3 aromatic carbocycles. The maximum absolute atomic E-state index is 13.4. The lowest BCUT2D eigenvalue weighted by Crippen LogP contribution is -2.31. The van der Waals surface area contributed by atoms with Gasteiger partial charge in [-0.05, 0) is 68.0 Å². The van der Waals surface area contributed by atoms with E-state index in [1.165, 1.54) is 22.6 Å². The van der Waals surface area contributed by atoms with Gasteiger partial charge in [-0.25, -0.2) is 4.79 Å². The molecule has 3 aromatic rings. The van der Waals surface area contributed by atoms with E-state index in [1.54, 1.807) is 24.3 Å². The first-order valence-electron chi connectivity index (χ1n) is 12.5. The standard InChI is InChI=1S/C30H28N2O5/c1-19-10-13-23(14-11-19)31-27(33)18-37-30(36)22-8-5-9-24(16-22)32-28(34)25-15-12-21(17-26(25)29(32)35)20-6-3-2-4-7-20/h2-11,13-14,16,21,25-26H,12,15,17-18H2,1H3,(H,31,33)/t21-,25+,26-/m0/s1. The average molecular weight is 497 g/mol. The summed E-state index contributed by atoms with van der Waals surface area (Å²) in [6.07, 6.45) is 2.14. The lowest BCUT2D eigenvalue weighted by atomic mass is 9.73. The van der Waals surface area contributed by atoms with Gasteiger partial charge in [0.1, 0.15) is 0 Å². The molecular formula is C30H28N2O5. The molecule has 7 heteroatoms. The van der Waals surface area contributed by atoms with Crippen LogP contribution in [0, 0.1) is 18.8 Å². The number of carbonyl (C=O) groups is 4. The van der Waals surface area contributed by atoms with Crippen LogP contribution in [-0.2, 0) is 19.1 Å². The maximum atomic E-state index is 13.4. The Hall–Kier alpha value is -4.26. The van der Waals surface area contributed by atoms with Crippen molar-refractivity contribution in [3.63, 3.8) is 0 Å². The molecule has 0 spiro atoms. The number of nitrogens with zero attached hydrogens (tertiary/aromatic N) is 1. The van der Waals surface area contributed by atoms with E-state index in [0.717, 1.165) is 12.0 Å². The lowest BCUT2D eigenvalue weighted by molar-refractivity contribution is -0.122. The fraction of sp³-hybridized carbons (Fsp3) is 0.267. The van der Waals surface area contributed by atoms with Gasteiger partial charge in [0.2, 0.25) is 11.8 Å². The van der Waals surface area contributed by atoms with E-state index in [9.17, 15) is 19.2 Å². The van der Waals surface area contributed by atoms with Crippen LogP contribution in [-0.4, -0.2) is 30.3 Å². The van der Waals surface area contributed by atoms with Crippen molar-refractivity contribution in [3.8, 4) is 0 Å². The SMILES string of the molecule is Cc1ccc(NC(=O)COC(=O)c2cccc(N3C(=O)[C@H]4C[C@@H](c5ccccc5)CC[C@H]4C3=O)c2)cc1. The maximum Gasteiger partial charge on any atom is 0.338 e. The quantitative estimate of drug-likeness (QED) is 0.389. The van der Waals surface area contributed by atoms with Crippen molar-refractivity contribution in [2.75, 3.05) is 16.8 Å². The van der Waals surface area contributed by atoms with E-state index in [1.807, 2.05) is 37.3 Å². The second kappa shape index (κ2) is 10.4. The molecular weight excluding hydrogens is 468 g/mol. The minimum absolute atomic E-state index is 0.165. The Morgan fingerprint density at radius 1 is 0.892 bits per heavy atom. The van der Waals surface area contributed by atoms with Gasteiger partial charge in [0, 0.05) is 5.69 Å². The second-order valence-electron chi connectivity index (χ2n) is 9.69. The summed E-state index contributed by atoms with van der Waals surface area (Å²) in [6.45, 7) is 1.49. The number of carbonyl (C=O) groups excluding carboxylic acids is 4. The highest BCUT2D eigenvalue weighted by atomic mass is 16.5. The van der Waals surface area contributed by atoms with Gasteiger partial charge in [0.05, 0.1) is 23.1 Å². The number of hydrogen-bond acceptors (Lipinski definition) is 5. The molecule has 0 aromatic heterocycles. The highest BCUT2D eigenvalue weighted by molar-refractivity contribution is 6.22. The fourth-order valence-corrected chi connectivity index (χ4v) is 5.28. The van der Waals surface area contributed by atoms with Gasteiger partial charge in [0.15, 0.2) is 6.61 Å².